The fourth-order valence-corrected chi connectivity index (χ4v) is 2.04. The quantitative estimate of drug-likeness (QED) is 0.778. The Morgan fingerprint density at radius 2 is 1.93 bits per heavy atom. The molecule has 0 amide bonds. The van der Waals surface area contributed by atoms with E-state index < -0.39 is 11.6 Å². The Hall–Kier alpha value is -1.35. The molecule has 3 nitrogen and oxygen atoms in total. The number of hydrogen-bond acceptors (Lipinski definition) is 3. The first kappa shape index (κ1) is 10.2. The fraction of sp³-hybridized carbons (Fsp3) is 0.417. The number of hydrogen-bond donors (Lipinski definition) is 1. The van der Waals surface area contributed by atoms with Gasteiger partial charge in [0, 0.05) is 0 Å². The molecule has 1 unspecified atom stereocenters. The van der Waals surface area contributed by atoms with Crippen molar-refractivity contribution in [3.63, 3.8) is 0 Å². The highest BCUT2D eigenvalue weighted by molar-refractivity contribution is 5.77. The third-order valence-corrected chi connectivity index (χ3v) is 3.22. The van der Waals surface area contributed by atoms with Crippen molar-refractivity contribution in [2.24, 2.45) is 5.92 Å². The highest BCUT2D eigenvalue weighted by atomic mass is 16.4. The summed E-state index contributed by atoms with van der Waals surface area (Å²) < 4.78 is 0. The molecule has 15 heavy (non-hydrogen) atoms. The summed E-state index contributed by atoms with van der Waals surface area (Å²) in [5.41, 5.74) is -1.38. The van der Waals surface area contributed by atoms with E-state index in [1.54, 1.807) is 30.3 Å². The van der Waals surface area contributed by atoms with Crippen LogP contribution in [-0.2, 0) is 10.4 Å². The summed E-state index contributed by atoms with van der Waals surface area (Å²) >= 11 is 0. The van der Waals surface area contributed by atoms with Gasteiger partial charge in [0.15, 0.2) is 0 Å². The minimum Gasteiger partial charge on any atom is -0.547 e. The zero-order valence-electron chi connectivity index (χ0n) is 8.35. The van der Waals surface area contributed by atoms with Crippen LogP contribution >= 0.6 is 0 Å². The van der Waals surface area contributed by atoms with Gasteiger partial charge in [0.2, 0.25) is 0 Å². The van der Waals surface area contributed by atoms with Gasteiger partial charge in [0.05, 0.1) is 5.97 Å². The summed E-state index contributed by atoms with van der Waals surface area (Å²) in [7, 11) is 0. The summed E-state index contributed by atoms with van der Waals surface area (Å²) in [6.45, 7) is 0. The van der Waals surface area contributed by atoms with Gasteiger partial charge in [-0.05, 0) is 24.3 Å². The van der Waals surface area contributed by atoms with Crippen molar-refractivity contribution < 1.29 is 15.0 Å². The molecular formula is C12H13O3-. The summed E-state index contributed by atoms with van der Waals surface area (Å²) in [6.07, 6.45) is 2.48. The topological polar surface area (TPSA) is 60.4 Å². The van der Waals surface area contributed by atoms with Gasteiger partial charge in [0.1, 0.15) is 5.60 Å². The van der Waals surface area contributed by atoms with Crippen molar-refractivity contribution in [2.75, 3.05) is 0 Å². The van der Waals surface area contributed by atoms with E-state index in [1.165, 1.54) is 0 Å². The van der Waals surface area contributed by atoms with Gasteiger partial charge in [-0.25, -0.2) is 0 Å². The van der Waals surface area contributed by atoms with Crippen LogP contribution in [0.25, 0.3) is 0 Å². The Morgan fingerprint density at radius 3 is 2.33 bits per heavy atom. The van der Waals surface area contributed by atoms with E-state index >= 15 is 0 Å². The SMILES string of the molecule is O=C([O-])C(O)(c1ccccc1)C1CCC1. The number of carbonyl (C=O) groups is 1. The third kappa shape index (κ3) is 1.53. The number of rotatable bonds is 3. The number of aliphatic carboxylic acids is 1. The summed E-state index contributed by atoms with van der Waals surface area (Å²) in [6, 6.07) is 8.51. The van der Waals surface area contributed by atoms with Gasteiger partial charge in [0.25, 0.3) is 0 Å². The van der Waals surface area contributed by atoms with Crippen molar-refractivity contribution >= 4 is 5.97 Å². The van der Waals surface area contributed by atoms with Gasteiger partial charge < -0.3 is 15.0 Å². The molecule has 1 atom stereocenters. The summed E-state index contributed by atoms with van der Waals surface area (Å²) in [4.78, 5) is 11.1. The average Bonchev–Trinajstić information content (AvgIpc) is 2.16. The van der Waals surface area contributed by atoms with Crippen LogP contribution < -0.4 is 5.11 Å². The molecule has 1 saturated carbocycles. The number of benzene rings is 1. The molecule has 0 aliphatic heterocycles. The van der Waals surface area contributed by atoms with Crippen LogP contribution in [0.4, 0.5) is 0 Å². The van der Waals surface area contributed by atoms with Gasteiger partial charge in [-0.15, -0.1) is 0 Å². The molecular weight excluding hydrogens is 192 g/mol. The van der Waals surface area contributed by atoms with E-state index in [2.05, 4.69) is 0 Å². The first-order valence-corrected chi connectivity index (χ1v) is 5.15. The molecule has 0 aromatic heterocycles. The van der Waals surface area contributed by atoms with Crippen LogP contribution in [0.3, 0.4) is 0 Å². The van der Waals surface area contributed by atoms with E-state index in [-0.39, 0.29) is 5.92 Å². The van der Waals surface area contributed by atoms with Crippen molar-refractivity contribution in [1.82, 2.24) is 0 Å². The second-order valence-electron chi connectivity index (χ2n) is 4.05. The molecule has 1 aliphatic rings. The Labute approximate surface area is 88.4 Å². The molecule has 1 fully saturated rings. The molecule has 1 aromatic carbocycles. The lowest BCUT2D eigenvalue weighted by molar-refractivity contribution is -0.332. The zero-order valence-corrected chi connectivity index (χ0v) is 8.35. The number of carbonyl (C=O) groups excluding carboxylic acids is 1. The smallest absolute Gasteiger partial charge is 0.132 e. The normalized spacial score (nSPS) is 20.3. The molecule has 0 radical (unpaired) electrons. The van der Waals surface area contributed by atoms with E-state index in [4.69, 9.17) is 0 Å². The maximum Gasteiger partial charge on any atom is 0.132 e. The Kier molecular flexibility index (Phi) is 2.49. The fourth-order valence-electron chi connectivity index (χ4n) is 2.04. The average molecular weight is 205 g/mol. The molecule has 1 aliphatic carbocycles. The predicted molar refractivity (Wildman–Crippen MR) is 52.7 cm³/mol. The van der Waals surface area contributed by atoms with E-state index in [9.17, 15) is 15.0 Å². The van der Waals surface area contributed by atoms with Crippen LogP contribution in [0.15, 0.2) is 30.3 Å². The first-order valence-electron chi connectivity index (χ1n) is 5.15. The van der Waals surface area contributed by atoms with E-state index in [0.29, 0.717) is 5.56 Å². The summed E-state index contributed by atoms with van der Waals surface area (Å²) in [5.74, 6) is -1.59. The first-order chi connectivity index (χ1) is 7.15. The van der Waals surface area contributed by atoms with Gasteiger partial charge in [-0.3, -0.25) is 0 Å². The minimum atomic E-state index is -1.81. The van der Waals surface area contributed by atoms with Crippen LogP contribution in [0, 0.1) is 5.92 Å². The van der Waals surface area contributed by atoms with Gasteiger partial charge in [-0.2, -0.15) is 0 Å². The van der Waals surface area contributed by atoms with Crippen LogP contribution in [-0.4, -0.2) is 11.1 Å². The van der Waals surface area contributed by atoms with Gasteiger partial charge >= 0.3 is 0 Å². The number of carboxylic acid groups (broad SMARTS) is 1. The van der Waals surface area contributed by atoms with Crippen LogP contribution in [0.1, 0.15) is 24.8 Å². The molecule has 2 rings (SSSR count). The molecule has 0 saturated heterocycles. The van der Waals surface area contributed by atoms with Crippen molar-refractivity contribution in [3.05, 3.63) is 35.9 Å². The zero-order chi connectivity index (χ0) is 10.9. The number of aliphatic hydroxyl groups is 1. The molecule has 80 valence electrons. The molecule has 0 bridgehead atoms. The number of carboxylic acids is 1. The standard InChI is InChI=1S/C12H14O3/c13-11(14)12(15,10-7-4-8-10)9-5-2-1-3-6-9/h1-3,5-6,10,15H,4,7-8H2,(H,13,14)/p-1. The lowest BCUT2D eigenvalue weighted by atomic mass is 9.70. The largest absolute Gasteiger partial charge is 0.547 e. The lowest BCUT2D eigenvalue weighted by Crippen LogP contribution is -2.52. The second-order valence-corrected chi connectivity index (χ2v) is 4.05. The monoisotopic (exact) mass is 205 g/mol. The second kappa shape index (κ2) is 3.66. The highest BCUT2D eigenvalue weighted by Gasteiger charge is 2.42. The van der Waals surface area contributed by atoms with Crippen molar-refractivity contribution in [2.45, 2.75) is 24.9 Å². The predicted octanol–water partition coefficient (Wildman–Crippen LogP) is 0.424. The molecule has 0 heterocycles. The van der Waals surface area contributed by atoms with E-state index in [1.807, 2.05) is 0 Å². The molecule has 1 aromatic rings. The van der Waals surface area contributed by atoms with E-state index in [0.717, 1.165) is 19.3 Å². The Morgan fingerprint density at radius 1 is 1.33 bits per heavy atom. The highest BCUT2D eigenvalue weighted by Crippen LogP contribution is 2.42. The Bertz CT molecular complexity index is 356. The van der Waals surface area contributed by atoms with Crippen LogP contribution in [0.5, 0.6) is 0 Å². The lowest BCUT2D eigenvalue weighted by Gasteiger charge is -2.42. The maximum absolute atomic E-state index is 11.1. The van der Waals surface area contributed by atoms with Crippen LogP contribution in [0.2, 0.25) is 0 Å². The maximum atomic E-state index is 11.1. The third-order valence-electron chi connectivity index (χ3n) is 3.22. The molecule has 1 N–H and O–H groups in total. The van der Waals surface area contributed by atoms with Gasteiger partial charge in [-0.1, -0.05) is 36.8 Å². The molecule has 3 heteroatoms. The Balaban J connectivity index is 2.38. The summed E-state index contributed by atoms with van der Waals surface area (Å²) in [5, 5.41) is 21.3. The van der Waals surface area contributed by atoms with Crippen molar-refractivity contribution in [1.29, 1.82) is 0 Å². The molecule has 0 spiro atoms. The minimum absolute atomic E-state index is 0.204. The van der Waals surface area contributed by atoms with Crippen molar-refractivity contribution in [3.8, 4) is 0 Å².